The molecule has 0 aromatic carbocycles. The second kappa shape index (κ2) is 6.35. The van der Waals surface area contributed by atoms with Crippen LogP contribution in [0.1, 0.15) is 13.3 Å². The summed E-state index contributed by atoms with van der Waals surface area (Å²) in [6, 6.07) is 0.121. The molecule has 0 aromatic rings. The van der Waals surface area contributed by atoms with Gasteiger partial charge in [-0.2, -0.15) is 0 Å². The van der Waals surface area contributed by atoms with Crippen molar-refractivity contribution >= 4 is 0 Å². The molecule has 1 heterocycles. The van der Waals surface area contributed by atoms with Crippen molar-refractivity contribution in [2.75, 3.05) is 40.0 Å². The SMILES string of the molecule is CCC1CN(CC(N)COC)CCO1. The molecule has 0 aromatic heterocycles. The van der Waals surface area contributed by atoms with E-state index in [1.807, 2.05) is 0 Å². The van der Waals surface area contributed by atoms with Gasteiger partial charge in [0.2, 0.25) is 0 Å². The smallest absolute Gasteiger partial charge is 0.0700 e. The van der Waals surface area contributed by atoms with Crippen LogP contribution in [-0.2, 0) is 9.47 Å². The lowest BCUT2D eigenvalue weighted by molar-refractivity contribution is -0.0330. The molecule has 1 rings (SSSR count). The molecule has 2 N–H and O–H groups in total. The maximum Gasteiger partial charge on any atom is 0.0700 e. The van der Waals surface area contributed by atoms with Crippen molar-refractivity contribution in [3.63, 3.8) is 0 Å². The summed E-state index contributed by atoms with van der Waals surface area (Å²) in [5.41, 5.74) is 5.89. The van der Waals surface area contributed by atoms with Crippen LogP contribution in [0.3, 0.4) is 0 Å². The summed E-state index contributed by atoms with van der Waals surface area (Å²) in [4.78, 5) is 2.36. The first-order valence-electron chi connectivity index (χ1n) is 5.34. The first-order valence-corrected chi connectivity index (χ1v) is 5.34. The van der Waals surface area contributed by atoms with E-state index in [4.69, 9.17) is 15.2 Å². The minimum absolute atomic E-state index is 0.121. The van der Waals surface area contributed by atoms with Crippen LogP contribution in [0.5, 0.6) is 0 Å². The van der Waals surface area contributed by atoms with Gasteiger partial charge in [-0.3, -0.25) is 4.90 Å². The fourth-order valence-corrected chi connectivity index (χ4v) is 1.79. The minimum atomic E-state index is 0.121. The van der Waals surface area contributed by atoms with Crippen LogP contribution in [0.15, 0.2) is 0 Å². The normalized spacial score (nSPS) is 26.4. The maximum atomic E-state index is 5.89. The number of rotatable bonds is 5. The van der Waals surface area contributed by atoms with Crippen LogP contribution in [0.25, 0.3) is 0 Å². The van der Waals surface area contributed by atoms with E-state index < -0.39 is 0 Å². The summed E-state index contributed by atoms with van der Waals surface area (Å²) in [6.07, 6.45) is 1.47. The van der Waals surface area contributed by atoms with E-state index in [1.165, 1.54) is 0 Å². The van der Waals surface area contributed by atoms with Crippen LogP contribution in [0.4, 0.5) is 0 Å². The molecule has 2 atom stereocenters. The summed E-state index contributed by atoms with van der Waals surface area (Å²) in [5.74, 6) is 0. The lowest BCUT2D eigenvalue weighted by Crippen LogP contribution is -2.48. The second-order valence-electron chi connectivity index (χ2n) is 3.88. The largest absolute Gasteiger partial charge is 0.383 e. The summed E-state index contributed by atoms with van der Waals surface area (Å²) in [5, 5.41) is 0. The molecule has 1 aliphatic rings. The van der Waals surface area contributed by atoms with E-state index in [2.05, 4.69) is 11.8 Å². The Balaban J connectivity index is 2.22. The Hall–Kier alpha value is -0.160. The maximum absolute atomic E-state index is 5.89. The van der Waals surface area contributed by atoms with Gasteiger partial charge in [0.05, 0.1) is 19.3 Å². The third-order valence-corrected chi connectivity index (χ3v) is 2.55. The first-order chi connectivity index (χ1) is 6.76. The first kappa shape index (κ1) is 11.9. The van der Waals surface area contributed by atoms with Crippen LogP contribution < -0.4 is 5.73 Å². The van der Waals surface area contributed by atoms with Gasteiger partial charge in [-0.15, -0.1) is 0 Å². The molecule has 14 heavy (non-hydrogen) atoms. The van der Waals surface area contributed by atoms with E-state index in [0.717, 1.165) is 32.7 Å². The molecular weight excluding hydrogens is 180 g/mol. The molecular formula is C10H22N2O2. The Labute approximate surface area is 86.3 Å². The minimum Gasteiger partial charge on any atom is -0.383 e. The number of morpholine rings is 1. The summed E-state index contributed by atoms with van der Waals surface area (Å²) in [6.45, 7) is 6.53. The highest BCUT2D eigenvalue weighted by Gasteiger charge is 2.20. The van der Waals surface area contributed by atoms with Gasteiger partial charge in [0.25, 0.3) is 0 Å². The molecule has 84 valence electrons. The van der Waals surface area contributed by atoms with E-state index in [1.54, 1.807) is 7.11 Å². The summed E-state index contributed by atoms with van der Waals surface area (Å²) < 4.78 is 10.6. The van der Waals surface area contributed by atoms with Gasteiger partial charge < -0.3 is 15.2 Å². The molecule has 0 saturated carbocycles. The lowest BCUT2D eigenvalue weighted by atomic mass is 10.2. The highest BCUT2D eigenvalue weighted by molar-refractivity contribution is 4.74. The third kappa shape index (κ3) is 3.92. The zero-order valence-corrected chi connectivity index (χ0v) is 9.24. The van der Waals surface area contributed by atoms with E-state index in [9.17, 15) is 0 Å². The highest BCUT2D eigenvalue weighted by Crippen LogP contribution is 2.08. The Morgan fingerprint density at radius 2 is 2.43 bits per heavy atom. The Morgan fingerprint density at radius 3 is 3.07 bits per heavy atom. The molecule has 1 fully saturated rings. The van der Waals surface area contributed by atoms with Crippen molar-refractivity contribution in [1.82, 2.24) is 4.90 Å². The fraction of sp³-hybridized carbons (Fsp3) is 1.00. The number of ether oxygens (including phenoxy) is 2. The topological polar surface area (TPSA) is 47.7 Å². The monoisotopic (exact) mass is 202 g/mol. The zero-order valence-electron chi connectivity index (χ0n) is 9.24. The number of hydrogen-bond acceptors (Lipinski definition) is 4. The van der Waals surface area contributed by atoms with Crippen molar-refractivity contribution in [3.8, 4) is 0 Å². The van der Waals surface area contributed by atoms with Crippen LogP contribution in [0, 0.1) is 0 Å². The molecule has 4 nitrogen and oxygen atoms in total. The van der Waals surface area contributed by atoms with Crippen LogP contribution in [-0.4, -0.2) is 57.0 Å². The Bertz CT molecular complexity index is 155. The standard InChI is InChI=1S/C10H22N2O2/c1-3-10-7-12(4-5-14-10)6-9(11)8-13-2/h9-10H,3-8,11H2,1-2H3. The van der Waals surface area contributed by atoms with Gasteiger partial charge in [-0.1, -0.05) is 6.92 Å². The third-order valence-electron chi connectivity index (χ3n) is 2.55. The number of nitrogens with two attached hydrogens (primary N) is 1. The second-order valence-corrected chi connectivity index (χ2v) is 3.88. The fourth-order valence-electron chi connectivity index (χ4n) is 1.79. The average Bonchev–Trinajstić information content (AvgIpc) is 2.18. The van der Waals surface area contributed by atoms with Gasteiger partial charge in [0, 0.05) is 32.8 Å². The Kier molecular flexibility index (Phi) is 5.40. The van der Waals surface area contributed by atoms with Gasteiger partial charge in [-0.25, -0.2) is 0 Å². The zero-order chi connectivity index (χ0) is 10.4. The molecule has 1 aliphatic heterocycles. The highest BCUT2D eigenvalue weighted by atomic mass is 16.5. The van der Waals surface area contributed by atoms with Crippen molar-refractivity contribution in [2.45, 2.75) is 25.5 Å². The van der Waals surface area contributed by atoms with Crippen molar-refractivity contribution in [3.05, 3.63) is 0 Å². The van der Waals surface area contributed by atoms with E-state index in [0.29, 0.717) is 12.7 Å². The van der Waals surface area contributed by atoms with Gasteiger partial charge in [0.15, 0.2) is 0 Å². The molecule has 0 aliphatic carbocycles. The molecule has 0 spiro atoms. The predicted octanol–water partition coefficient (Wildman–Crippen LogP) is 0.0709. The molecule has 4 heteroatoms. The molecule has 0 amide bonds. The number of methoxy groups -OCH3 is 1. The predicted molar refractivity (Wildman–Crippen MR) is 56.3 cm³/mol. The molecule has 2 unspecified atom stereocenters. The van der Waals surface area contributed by atoms with Gasteiger partial charge >= 0.3 is 0 Å². The molecule has 0 radical (unpaired) electrons. The van der Waals surface area contributed by atoms with Crippen LogP contribution in [0.2, 0.25) is 0 Å². The van der Waals surface area contributed by atoms with Crippen LogP contribution >= 0.6 is 0 Å². The van der Waals surface area contributed by atoms with Gasteiger partial charge in [0.1, 0.15) is 0 Å². The van der Waals surface area contributed by atoms with Crippen molar-refractivity contribution in [2.24, 2.45) is 5.73 Å². The van der Waals surface area contributed by atoms with Crippen molar-refractivity contribution in [1.29, 1.82) is 0 Å². The van der Waals surface area contributed by atoms with E-state index >= 15 is 0 Å². The van der Waals surface area contributed by atoms with Gasteiger partial charge in [-0.05, 0) is 6.42 Å². The Morgan fingerprint density at radius 1 is 1.64 bits per heavy atom. The molecule has 1 saturated heterocycles. The average molecular weight is 202 g/mol. The van der Waals surface area contributed by atoms with E-state index in [-0.39, 0.29) is 6.04 Å². The quantitative estimate of drug-likeness (QED) is 0.685. The number of nitrogens with zero attached hydrogens (tertiary/aromatic N) is 1. The lowest BCUT2D eigenvalue weighted by Gasteiger charge is -2.33. The summed E-state index contributed by atoms with van der Waals surface area (Å²) in [7, 11) is 1.69. The molecule has 0 bridgehead atoms. The summed E-state index contributed by atoms with van der Waals surface area (Å²) >= 11 is 0. The van der Waals surface area contributed by atoms with Crippen molar-refractivity contribution < 1.29 is 9.47 Å². The number of hydrogen-bond donors (Lipinski definition) is 1.